The molecule has 112 valence electrons. The fourth-order valence-corrected chi connectivity index (χ4v) is 2.79. The lowest BCUT2D eigenvalue weighted by atomic mass is 10.2. The Labute approximate surface area is 119 Å². The van der Waals surface area contributed by atoms with Crippen LogP contribution in [-0.4, -0.2) is 51.8 Å². The van der Waals surface area contributed by atoms with E-state index in [1.807, 2.05) is 6.92 Å². The largest absolute Gasteiger partial charge is 0.349 e. The average molecular weight is 281 g/mol. The second kappa shape index (κ2) is 5.78. The molecule has 20 heavy (non-hydrogen) atoms. The number of piperazine rings is 1. The zero-order valence-electron chi connectivity index (χ0n) is 12.7. The van der Waals surface area contributed by atoms with Gasteiger partial charge in [0, 0.05) is 39.3 Å². The summed E-state index contributed by atoms with van der Waals surface area (Å²) in [4.78, 5) is 15.5. The van der Waals surface area contributed by atoms with E-state index in [9.17, 15) is 10.1 Å². The van der Waals surface area contributed by atoms with Gasteiger partial charge in [0.05, 0.1) is 4.92 Å². The molecule has 0 bridgehead atoms. The van der Waals surface area contributed by atoms with Gasteiger partial charge in [-0.3, -0.25) is 15.0 Å². The fourth-order valence-electron chi connectivity index (χ4n) is 2.79. The Hall–Kier alpha value is -1.63. The van der Waals surface area contributed by atoms with Crippen molar-refractivity contribution in [1.82, 2.24) is 14.7 Å². The van der Waals surface area contributed by atoms with Crippen LogP contribution in [0.5, 0.6) is 0 Å². The Bertz CT molecular complexity index is 489. The number of rotatable bonds is 4. The molecule has 2 heterocycles. The maximum atomic E-state index is 11.3. The highest BCUT2D eigenvalue weighted by atomic mass is 16.6. The minimum atomic E-state index is -0.296. The second-order valence-electron chi connectivity index (χ2n) is 5.47. The summed E-state index contributed by atoms with van der Waals surface area (Å²) in [6.45, 7) is 9.73. The van der Waals surface area contributed by atoms with Gasteiger partial charge in [0.2, 0.25) is 5.82 Å². The predicted molar refractivity (Wildman–Crippen MR) is 78.2 cm³/mol. The number of nitro groups is 1. The molecule has 7 nitrogen and oxygen atoms in total. The minimum Gasteiger partial charge on any atom is -0.349 e. The number of nitrogens with zero attached hydrogens (tertiary/aromatic N) is 5. The van der Waals surface area contributed by atoms with Gasteiger partial charge in [0.1, 0.15) is 5.69 Å². The molecule has 0 atom stereocenters. The number of hydrogen-bond donors (Lipinski definition) is 0. The van der Waals surface area contributed by atoms with Crippen LogP contribution in [0.2, 0.25) is 0 Å². The van der Waals surface area contributed by atoms with Gasteiger partial charge < -0.3 is 4.90 Å². The summed E-state index contributed by atoms with van der Waals surface area (Å²) in [7, 11) is 1.79. The van der Waals surface area contributed by atoms with Gasteiger partial charge in [-0.2, -0.15) is 5.10 Å². The molecule has 1 aromatic rings. The van der Waals surface area contributed by atoms with Crippen molar-refractivity contribution in [3.8, 4) is 0 Å². The van der Waals surface area contributed by atoms with Crippen molar-refractivity contribution in [3.63, 3.8) is 0 Å². The Morgan fingerprint density at radius 3 is 2.35 bits per heavy atom. The van der Waals surface area contributed by atoms with Gasteiger partial charge in [-0.1, -0.05) is 6.92 Å². The smallest absolute Gasteiger partial charge is 0.334 e. The molecule has 1 aliphatic rings. The first kappa shape index (κ1) is 14.8. The molecule has 1 aromatic heterocycles. The van der Waals surface area contributed by atoms with Gasteiger partial charge in [-0.25, -0.2) is 4.68 Å². The fraction of sp³-hybridized carbons (Fsp3) is 0.769. The lowest BCUT2D eigenvalue weighted by molar-refractivity contribution is -0.384. The van der Waals surface area contributed by atoms with Crippen molar-refractivity contribution in [3.05, 3.63) is 15.8 Å². The minimum absolute atomic E-state index is 0.174. The molecule has 1 fully saturated rings. The van der Waals surface area contributed by atoms with Crippen molar-refractivity contribution < 1.29 is 4.92 Å². The second-order valence-corrected chi connectivity index (χ2v) is 5.47. The highest BCUT2D eigenvalue weighted by Gasteiger charge is 2.31. The van der Waals surface area contributed by atoms with Crippen LogP contribution in [0.3, 0.4) is 0 Å². The van der Waals surface area contributed by atoms with E-state index in [-0.39, 0.29) is 10.6 Å². The monoisotopic (exact) mass is 281 g/mol. The van der Waals surface area contributed by atoms with Crippen LogP contribution in [0, 0.1) is 10.1 Å². The Kier molecular flexibility index (Phi) is 4.27. The van der Waals surface area contributed by atoms with Crippen molar-refractivity contribution in [2.75, 3.05) is 31.1 Å². The van der Waals surface area contributed by atoms with Crippen LogP contribution >= 0.6 is 0 Å². The number of aromatic nitrogens is 2. The summed E-state index contributed by atoms with van der Waals surface area (Å²) in [5, 5.41) is 15.6. The summed E-state index contributed by atoms with van der Waals surface area (Å²) in [5.74, 6) is 0.648. The number of aryl methyl sites for hydroxylation is 2. The standard InChI is InChI=1S/C13H23N5O2/c1-5-11-12(18(19)20)13(15(4)14-11)17-8-6-16(7-9-17)10(2)3/h10H,5-9H2,1-4H3. The van der Waals surface area contributed by atoms with E-state index in [0.717, 1.165) is 26.2 Å². The van der Waals surface area contributed by atoms with E-state index < -0.39 is 0 Å². The third kappa shape index (κ3) is 2.63. The van der Waals surface area contributed by atoms with Gasteiger partial charge >= 0.3 is 5.69 Å². The SMILES string of the molecule is CCc1nn(C)c(N2CCN(C(C)C)CC2)c1[N+](=O)[O-]. The highest BCUT2D eigenvalue weighted by molar-refractivity contribution is 5.61. The van der Waals surface area contributed by atoms with Gasteiger partial charge in [0.15, 0.2) is 0 Å². The maximum absolute atomic E-state index is 11.3. The molecule has 0 spiro atoms. The first-order valence-corrected chi connectivity index (χ1v) is 7.15. The van der Waals surface area contributed by atoms with E-state index in [1.165, 1.54) is 0 Å². The van der Waals surface area contributed by atoms with E-state index in [2.05, 4.69) is 28.7 Å². The van der Waals surface area contributed by atoms with Crippen LogP contribution < -0.4 is 4.90 Å². The molecule has 2 rings (SSSR count). The van der Waals surface area contributed by atoms with Gasteiger partial charge in [-0.05, 0) is 20.3 Å². The van der Waals surface area contributed by atoms with Gasteiger partial charge in [-0.15, -0.1) is 0 Å². The third-order valence-electron chi connectivity index (χ3n) is 3.92. The quantitative estimate of drug-likeness (QED) is 0.617. The van der Waals surface area contributed by atoms with Crippen molar-refractivity contribution in [2.24, 2.45) is 7.05 Å². The first-order valence-electron chi connectivity index (χ1n) is 7.15. The molecule has 0 radical (unpaired) electrons. The molecule has 0 amide bonds. The highest BCUT2D eigenvalue weighted by Crippen LogP contribution is 2.32. The molecule has 0 unspecified atom stereocenters. The summed E-state index contributed by atoms with van der Waals surface area (Å²) in [6.07, 6.45) is 0.579. The topological polar surface area (TPSA) is 67.4 Å². The average Bonchev–Trinajstić information content (AvgIpc) is 2.75. The maximum Gasteiger partial charge on any atom is 0.334 e. The van der Waals surface area contributed by atoms with E-state index in [0.29, 0.717) is 24.0 Å². The Morgan fingerprint density at radius 2 is 1.90 bits per heavy atom. The number of hydrogen-bond acceptors (Lipinski definition) is 5. The number of anilines is 1. The Balaban J connectivity index is 2.26. The normalized spacial score (nSPS) is 16.9. The molecule has 1 saturated heterocycles. The van der Waals surface area contributed by atoms with Crippen LogP contribution in [0.25, 0.3) is 0 Å². The van der Waals surface area contributed by atoms with Crippen LogP contribution in [0.4, 0.5) is 11.5 Å². The summed E-state index contributed by atoms with van der Waals surface area (Å²) in [6, 6.07) is 0.518. The first-order chi connectivity index (χ1) is 9.45. The Morgan fingerprint density at radius 1 is 1.30 bits per heavy atom. The van der Waals surface area contributed by atoms with Crippen LogP contribution in [-0.2, 0) is 13.5 Å². The van der Waals surface area contributed by atoms with Crippen LogP contribution in [0.1, 0.15) is 26.5 Å². The van der Waals surface area contributed by atoms with E-state index in [4.69, 9.17) is 0 Å². The summed E-state index contributed by atoms with van der Waals surface area (Å²) < 4.78 is 1.65. The van der Waals surface area contributed by atoms with Gasteiger partial charge in [0.25, 0.3) is 0 Å². The predicted octanol–water partition coefficient (Wildman–Crippen LogP) is 1.42. The lowest BCUT2D eigenvalue weighted by Gasteiger charge is -2.37. The van der Waals surface area contributed by atoms with E-state index >= 15 is 0 Å². The third-order valence-corrected chi connectivity index (χ3v) is 3.92. The molecular weight excluding hydrogens is 258 g/mol. The van der Waals surface area contributed by atoms with Crippen molar-refractivity contribution in [1.29, 1.82) is 0 Å². The summed E-state index contributed by atoms with van der Waals surface area (Å²) in [5.41, 5.74) is 0.742. The zero-order chi connectivity index (χ0) is 14.9. The van der Waals surface area contributed by atoms with Crippen LogP contribution in [0.15, 0.2) is 0 Å². The molecule has 0 aliphatic carbocycles. The summed E-state index contributed by atoms with van der Waals surface area (Å²) >= 11 is 0. The zero-order valence-corrected chi connectivity index (χ0v) is 12.7. The molecule has 0 aromatic carbocycles. The molecule has 0 saturated carbocycles. The molecular formula is C13H23N5O2. The van der Waals surface area contributed by atoms with E-state index in [1.54, 1.807) is 11.7 Å². The molecule has 0 N–H and O–H groups in total. The molecule has 1 aliphatic heterocycles. The molecule has 7 heteroatoms. The van der Waals surface area contributed by atoms with Crippen molar-refractivity contribution >= 4 is 11.5 Å². The van der Waals surface area contributed by atoms with Crippen molar-refractivity contribution in [2.45, 2.75) is 33.2 Å². The lowest BCUT2D eigenvalue weighted by Crippen LogP contribution is -2.49.